The Hall–Kier alpha value is -4.69. The van der Waals surface area contributed by atoms with E-state index in [0.29, 0.717) is 56.0 Å². The molecule has 15 heteroatoms. The number of aromatic nitrogens is 5. The molecule has 1 fully saturated rings. The molecule has 250 valence electrons. The quantitative estimate of drug-likeness (QED) is 0.180. The van der Waals surface area contributed by atoms with Gasteiger partial charge in [0, 0.05) is 37.9 Å². The van der Waals surface area contributed by atoms with Crippen LogP contribution in [0.5, 0.6) is 11.5 Å². The third-order valence-corrected chi connectivity index (χ3v) is 8.56. The van der Waals surface area contributed by atoms with Gasteiger partial charge in [-0.1, -0.05) is 11.6 Å². The second-order valence-electron chi connectivity index (χ2n) is 11.1. The summed E-state index contributed by atoms with van der Waals surface area (Å²) in [4.78, 5) is 40.4. The summed E-state index contributed by atoms with van der Waals surface area (Å²) in [6, 6.07) is 9.40. The van der Waals surface area contributed by atoms with Crippen LogP contribution in [0.25, 0.3) is 11.0 Å². The number of anilines is 2. The van der Waals surface area contributed by atoms with E-state index in [1.165, 1.54) is 0 Å². The lowest BCUT2D eigenvalue weighted by Gasteiger charge is -2.21. The number of hydrogen-bond acceptors (Lipinski definition) is 10. The zero-order chi connectivity index (χ0) is 33.5. The molecule has 0 bridgehead atoms. The zero-order valence-corrected chi connectivity index (χ0v) is 27.6. The van der Waals surface area contributed by atoms with Crippen molar-refractivity contribution >= 4 is 46.1 Å². The first-order chi connectivity index (χ1) is 22.7. The van der Waals surface area contributed by atoms with Crippen molar-refractivity contribution in [1.82, 2.24) is 29.7 Å². The number of nitrogens with two attached hydrogens (primary N) is 2. The molecule has 0 aliphatic carbocycles. The molecule has 3 aromatic heterocycles. The zero-order valence-electron chi connectivity index (χ0n) is 26.9. The largest absolute Gasteiger partial charge is 0.495 e. The van der Waals surface area contributed by atoms with E-state index in [4.69, 9.17) is 37.3 Å². The number of likely N-dealkylation sites (N-methyl/N-ethyl adjacent to an activating group) is 1. The van der Waals surface area contributed by atoms with Crippen molar-refractivity contribution in [3.8, 4) is 11.5 Å². The van der Waals surface area contributed by atoms with Crippen LogP contribution < -0.4 is 30.8 Å². The molecule has 0 spiro atoms. The van der Waals surface area contributed by atoms with Gasteiger partial charge in [0.1, 0.15) is 23.7 Å². The Labute approximate surface area is 278 Å². The molecule has 0 radical (unpaired) electrons. The average molecular weight is 667 g/mol. The monoisotopic (exact) mass is 666 g/mol. The molecule has 5 rings (SSSR count). The number of hydrogen-bond donors (Lipinski definition) is 3. The van der Waals surface area contributed by atoms with Crippen LogP contribution in [0.1, 0.15) is 48.7 Å². The van der Waals surface area contributed by atoms with E-state index in [2.05, 4.69) is 29.4 Å². The maximum atomic E-state index is 13.2. The Balaban J connectivity index is 1.39. The van der Waals surface area contributed by atoms with Gasteiger partial charge in [-0.05, 0) is 51.0 Å². The topological polar surface area (TPSA) is 177 Å². The Kier molecular flexibility index (Phi) is 10.9. The third kappa shape index (κ3) is 7.66. The number of imidazole rings is 1. The van der Waals surface area contributed by atoms with Crippen molar-refractivity contribution in [3.05, 3.63) is 58.9 Å². The van der Waals surface area contributed by atoms with Gasteiger partial charge in [0.05, 0.1) is 26.7 Å². The molecule has 2 amide bonds. The fourth-order valence-electron chi connectivity index (χ4n) is 5.77. The minimum Gasteiger partial charge on any atom is -0.495 e. The number of rotatable bonds is 13. The van der Waals surface area contributed by atoms with Gasteiger partial charge >= 0.3 is 0 Å². The van der Waals surface area contributed by atoms with Crippen molar-refractivity contribution in [2.24, 2.45) is 5.92 Å². The molecule has 5 N–H and O–H groups in total. The molecule has 1 aliphatic heterocycles. The van der Waals surface area contributed by atoms with Crippen LogP contribution >= 0.6 is 11.6 Å². The molecule has 0 saturated carbocycles. The number of halogens is 1. The van der Waals surface area contributed by atoms with Crippen LogP contribution in [0.15, 0.2) is 36.5 Å². The van der Waals surface area contributed by atoms with E-state index in [1.807, 2.05) is 38.1 Å². The predicted octanol–water partition coefficient (Wildman–Crippen LogP) is 2.74. The number of fused-ring (bicyclic) bond motifs is 1. The van der Waals surface area contributed by atoms with Crippen molar-refractivity contribution in [2.45, 2.75) is 52.9 Å². The number of nitrogens with zero attached hydrogens (tertiary/aromatic N) is 6. The maximum absolute atomic E-state index is 13.2. The molecule has 4 heterocycles. The van der Waals surface area contributed by atoms with E-state index >= 15 is 0 Å². The van der Waals surface area contributed by atoms with Gasteiger partial charge < -0.3 is 35.9 Å². The molecule has 14 nitrogen and oxygen atoms in total. The van der Waals surface area contributed by atoms with Crippen LogP contribution in [0.4, 0.5) is 11.6 Å². The smallest absolute Gasteiger partial charge is 0.277 e. The highest BCUT2D eigenvalue weighted by molar-refractivity contribution is 6.31. The lowest BCUT2D eigenvalue weighted by molar-refractivity contribution is -0.687. The highest BCUT2D eigenvalue weighted by atomic mass is 35.5. The summed E-state index contributed by atoms with van der Waals surface area (Å²) < 4.78 is 21.4. The minimum atomic E-state index is -0.520. The first-order valence-electron chi connectivity index (χ1n) is 15.6. The molecular formula is C32H41ClN9O5+. The number of nitrogens with one attached hydrogen (secondary N) is 1. The fourth-order valence-corrected chi connectivity index (χ4v) is 5.90. The van der Waals surface area contributed by atoms with E-state index in [0.717, 1.165) is 36.2 Å². The normalized spacial score (nSPS) is 13.4. The number of carbonyl (C=O) groups is 2. The number of ether oxygens (including phenoxy) is 3. The van der Waals surface area contributed by atoms with Crippen molar-refractivity contribution < 1.29 is 28.4 Å². The van der Waals surface area contributed by atoms with Gasteiger partial charge in [-0.25, -0.2) is 19.1 Å². The molecule has 1 saturated heterocycles. The SMILES string of the molecule is CCN(Cc1ncccc1OC)C(=O)COc1ccc2c(c1)n(CC)c(CNC(=O)c1nc(Cl)c(N)nc1N)[n+]2CC1CCOCC1. The molecule has 4 aromatic rings. The van der Waals surface area contributed by atoms with Gasteiger partial charge in [0.15, 0.2) is 40.1 Å². The van der Waals surface area contributed by atoms with Crippen molar-refractivity contribution in [3.63, 3.8) is 0 Å². The number of carbonyl (C=O) groups excluding carboxylic acids is 2. The summed E-state index contributed by atoms with van der Waals surface area (Å²) in [6.45, 7) is 7.58. The second kappa shape index (κ2) is 15.3. The van der Waals surface area contributed by atoms with Crippen molar-refractivity contribution in [2.75, 3.05) is 44.9 Å². The molecule has 1 aromatic carbocycles. The number of pyridine rings is 1. The minimum absolute atomic E-state index is 0.0447. The number of methoxy groups -OCH3 is 1. The van der Waals surface area contributed by atoms with Crippen LogP contribution in [0, 0.1) is 5.92 Å². The number of benzene rings is 1. The summed E-state index contributed by atoms with van der Waals surface area (Å²) >= 11 is 6.02. The number of nitrogen functional groups attached to an aromatic ring is 2. The second-order valence-corrected chi connectivity index (χ2v) is 11.5. The highest BCUT2D eigenvalue weighted by Crippen LogP contribution is 2.25. The van der Waals surface area contributed by atoms with Gasteiger partial charge in [0.25, 0.3) is 17.6 Å². The van der Waals surface area contributed by atoms with E-state index in [1.54, 1.807) is 24.3 Å². The summed E-state index contributed by atoms with van der Waals surface area (Å²) in [6.07, 6.45) is 3.56. The van der Waals surface area contributed by atoms with Gasteiger partial charge in [0.2, 0.25) is 0 Å². The summed E-state index contributed by atoms with van der Waals surface area (Å²) in [5, 5.41) is 2.84. The highest BCUT2D eigenvalue weighted by Gasteiger charge is 2.29. The van der Waals surface area contributed by atoms with Crippen LogP contribution in [-0.4, -0.2) is 69.7 Å². The Morgan fingerprint density at radius 3 is 2.68 bits per heavy atom. The molecule has 0 atom stereocenters. The summed E-state index contributed by atoms with van der Waals surface area (Å²) in [5.41, 5.74) is 14.1. The standard InChI is InChI=1S/C32H40ClN9O5/c1-4-40(18-22-25(45-3)7-6-12-36-22)27(43)19-47-21-8-9-23-24(15-21)41(5-2)26(42(23)17-20-10-13-46-14-11-20)16-37-32(44)28-30(34)39-31(35)29(33)38-28/h6-9,12,15,20H,4-5,10-11,13-14,16-19H2,1-3H3,(H4-,34,35,37,39,44)/p+1. The van der Waals surface area contributed by atoms with E-state index in [9.17, 15) is 9.59 Å². The van der Waals surface area contributed by atoms with Crippen molar-refractivity contribution in [1.29, 1.82) is 0 Å². The molecule has 1 aliphatic rings. The molecule has 47 heavy (non-hydrogen) atoms. The van der Waals surface area contributed by atoms with Gasteiger partial charge in [-0.2, -0.15) is 0 Å². The molecule has 0 unspecified atom stereocenters. The first kappa shape index (κ1) is 33.7. The predicted molar refractivity (Wildman–Crippen MR) is 176 cm³/mol. The first-order valence-corrected chi connectivity index (χ1v) is 16.0. The van der Waals surface area contributed by atoms with Gasteiger partial charge in [-0.3, -0.25) is 14.6 Å². The van der Waals surface area contributed by atoms with Crippen LogP contribution in [0.3, 0.4) is 0 Å². The van der Waals surface area contributed by atoms with E-state index < -0.39 is 5.91 Å². The maximum Gasteiger partial charge on any atom is 0.277 e. The summed E-state index contributed by atoms with van der Waals surface area (Å²) in [5.74, 6) is 1.62. The fraction of sp³-hybridized carbons (Fsp3) is 0.438. The van der Waals surface area contributed by atoms with Crippen LogP contribution in [0.2, 0.25) is 5.15 Å². The third-order valence-electron chi connectivity index (χ3n) is 8.28. The Bertz CT molecular complexity index is 1740. The van der Waals surface area contributed by atoms with Gasteiger partial charge in [-0.15, -0.1) is 0 Å². The Morgan fingerprint density at radius 2 is 1.96 bits per heavy atom. The summed E-state index contributed by atoms with van der Waals surface area (Å²) in [7, 11) is 1.58. The molecular weight excluding hydrogens is 626 g/mol. The van der Waals surface area contributed by atoms with E-state index in [-0.39, 0.29) is 41.5 Å². The average Bonchev–Trinajstić information content (AvgIpc) is 3.38. The van der Waals surface area contributed by atoms with Crippen LogP contribution in [-0.2, 0) is 35.7 Å². The number of aryl methyl sites for hydroxylation is 1. The lowest BCUT2D eigenvalue weighted by atomic mass is 10.0. The Morgan fingerprint density at radius 1 is 1.17 bits per heavy atom. The number of amides is 2. The lowest BCUT2D eigenvalue weighted by Crippen LogP contribution is -2.44.